The van der Waals surface area contributed by atoms with Crippen molar-refractivity contribution in [3.8, 4) is 0 Å². The number of nitrogens with one attached hydrogen (secondary N) is 1. The molecule has 0 aromatic carbocycles. The van der Waals surface area contributed by atoms with Gasteiger partial charge in [-0.05, 0) is 25.3 Å². The lowest BCUT2D eigenvalue weighted by molar-refractivity contribution is 0.0690. The Balaban J connectivity index is 2.30. The first-order valence-electron chi connectivity index (χ1n) is 4.12. The molecule has 1 fully saturated rings. The van der Waals surface area contributed by atoms with Gasteiger partial charge in [0, 0.05) is 4.88 Å². The number of thiophene rings is 1. The number of ether oxygens (including phenoxy) is 1. The van der Waals surface area contributed by atoms with Crippen LogP contribution >= 0.6 is 11.3 Å². The van der Waals surface area contributed by atoms with Crippen molar-refractivity contribution in [2.45, 2.75) is 25.5 Å². The van der Waals surface area contributed by atoms with Crippen molar-refractivity contribution in [1.82, 2.24) is 5.32 Å². The number of cyclic esters (lactones) is 1. The minimum atomic E-state index is -0.443. The summed E-state index contributed by atoms with van der Waals surface area (Å²) in [5.41, 5.74) is -0.443. The maximum Gasteiger partial charge on any atom is 0.408 e. The summed E-state index contributed by atoms with van der Waals surface area (Å²) >= 11 is 1.63. The standard InChI is InChI=1S/C9H11NO2S/c1-9(2)7(10-8(11)12-9)6-4-3-5-13-6/h3-5,7H,1-2H3,(H,10,11). The summed E-state index contributed by atoms with van der Waals surface area (Å²) in [4.78, 5) is 12.2. The van der Waals surface area contributed by atoms with Gasteiger partial charge in [0.05, 0.1) is 0 Å². The molecule has 1 unspecified atom stereocenters. The van der Waals surface area contributed by atoms with E-state index in [0.717, 1.165) is 4.88 Å². The SMILES string of the molecule is CC1(C)OC(=O)NC1c1cccs1. The number of carbonyl (C=O) groups is 1. The van der Waals surface area contributed by atoms with E-state index >= 15 is 0 Å². The molecule has 70 valence electrons. The van der Waals surface area contributed by atoms with Crippen LogP contribution in [-0.2, 0) is 4.74 Å². The molecular weight excluding hydrogens is 186 g/mol. The van der Waals surface area contributed by atoms with E-state index in [0.29, 0.717) is 0 Å². The Hall–Kier alpha value is -1.03. The van der Waals surface area contributed by atoms with E-state index in [4.69, 9.17) is 4.74 Å². The van der Waals surface area contributed by atoms with Gasteiger partial charge in [-0.15, -0.1) is 11.3 Å². The highest BCUT2D eigenvalue weighted by Crippen LogP contribution is 2.35. The number of rotatable bonds is 1. The van der Waals surface area contributed by atoms with E-state index in [-0.39, 0.29) is 12.1 Å². The Labute approximate surface area is 80.7 Å². The molecule has 1 aliphatic rings. The zero-order valence-electron chi connectivity index (χ0n) is 7.53. The molecule has 13 heavy (non-hydrogen) atoms. The van der Waals surface area contributed by atoms with Crippen molar-refractivity contribution in [3.05, 3.63) is 22.4 Å². The highest BCUT2D eigenvalue weighted by molar-refractivity contribution is 7.10. The Morgan fingerprint density at radius 3 is 2.85 bits per heavy atom. The molecule has 0 spiro atoms. The molecule has 1 N–H and O–H groups in total. The predicted molar refractivity (Wildman–Crippen MR) is 50.8 cm³/mol. The first kappa shape index (κ1) is 8.56. The van der Waals surface area contributed by atoms with E-state index in [1.807, 2.05) is 31.4 Å². The van der Waals surface area contributed by atoms with E-state index in [2.05, 4.69) is 5.32 Å². The summed E-state index contributed by atoms with van der Waals surface area (Å²) in [5, 5.41) is 4.79. The minimum Gasteiger partial charge on any atom is -0.441 e. The van der Waals surface area contributed by atoms with Gasteiger partial charge in [-0.1, -0.05) is 6.07 Å². The monoisotopic (exact) mass is 197 g/mol. The van der Waals surface area contributed by atoms with Crippen LogP contribution in [0.2, 0.25) is 0 Å². The predicted octanol–water partition coefficient (Wildman–Crippen LogP) is 2.31. The van der Waals surface area contributed by atoms with E-state index in [1.54, 1.807) is 11.3 Å². The van der Waals surface area contributed by atoms with Gasteiger partial charge in [-0.25, -0.2) is 4.79 Å². The maximum absolute atomic E-state index is 11.0. The Bertz CT molecular complexity index is 318. The second-order valence-electron chi connectivity index (χ2n) is 3.59. The number of hydrogen-bond donors (Lipinski definition) is 1. The van der Waals surface area contributed by atoms with Crippen LogP contribution in [0.1, 0.15) is 24.8 Å². The molecule has 0 saturated carbocycles. The van der Waals surface area contributed by atoms with Crippen LogP contribution in [0.3, 0.4) is 0 Å². The number of hydrogen-bond acceptors (Lipinski definition) is 3. The van der Waals surface area contributed by atoms with Gasteiger partial charge in [-0.3, -0.25) is 0 Å². The Morgan fingerprint density at radius 1 is 1.62 bits per heavy atom. The molecule has 2 heterocycles. The molecule has 0 bridgehead atoms. The van der Waals surface area contributed by atoms with Crippen molar-refractivity contribution < 1.29 is 9.53 Å². The normalized spacial score (nSPS) is 25.4. The van der Waals surface area contributed by atoms with Crippen LogP contribution in [0.4, 0.5) is 4.79 Å². The largest absolute Gasteiger partial charge is 0.441 e. The van der Waals surface area contributed by atoms with Gasteiger partial charge in [0.25, 0.3) is 0 Å². The van der Waals surface area contributed by atoms with Gasteiger partial charge in [0.15, 0.2) is 0 Å². The van der Waals surface area contributed by atoms with Gasteiger partial charge in [-0.2, -0.15) is 0 Å². The molecule has 0 radical (unpaired) electrons. The maximum atomic E-state index is 11.0. The van der Waals surface area contributed by atoms with Crippen molar-refractivity contribution >= 4 is 17.4 Å². The fourth-order valence-electron chi connectivity index (χ4n) is 1.49. The third-order valence-corrected chi connectivity index (χ3v) is 3.08. The molecule has 1 aliphatic heterocycles. The van der Waals surface area contributed by atoms with E-state index < -0.39 is 5.60 Å². The van der Waals surface area contributed by atoms with Crippen LogP contribution in [0.5, 0.6) is 0 Å². The summed E-state index contributed by atoms with van der Waals surface area (Å²) in [6.45, 7) is 3.82. The van der Waals surface area contributed by atoms with E-state index in [9.17, 15) is 4.79 Å². The number of amides is 1. The average Bonchev–Trinajstić information content (AvgIpc) is 2.56. The van der Waals surface area contributed by atoms with Crippen molar-refractivity contribution in [2.24, 2.45) is 0 Å². The van der Waals surface area contributed by atoms with Gasteiger partial charge < -0.3 is 10.1 Å². The second-order valence-corrected chi connectivity index (χ2v) is 4.57. The zero-order valence-corrected chi connectivity index (χ0v) is 8.35. The molecule has 1 aromatic rings. The Morgan fingerprint density at radius 2 is 2.38 bits per heavy atom. The van der Waals surface area contributed by atoms with Crippen LogP contribution in [0, 0.1) is 0 Å². The lowest BCUT2D eigenvalue weighted by Crippen LogP contribution is -2.29. The molecule has 0 aliphatic carbocycles. The first-order chi connectivity index (χ1) is 6.09. The van der Waals surface area contributed by atoms with Crippen LogP contribution in [-0.4, -0.2) is 11.7 Å². The number of carbonyl (C=O) groups excluding carboxylic acids is 1. The number of alkyl carbamates (subject to hydrolysis) is 1. The lowest BCUT2D eigenvalue weighted by Gasteiger charge is -2.22. The Kier molecular flexibility index (Phi) is 1.80. The van der Waals surface area contributed by atoms with E-state index in [1.165, 1.54) is 0 Å². The van der Waals surface area contributed by atoms with Crippen molar-refractivity contribution in [2.75, 3.05) is 0 Å². The fraction of sp³-hybridized carbons (Fsp3) is 0.444. The van der Waals surface area contributed by atoms with Crippen LogP contribution < -0.4 is 5.32 Å². The van der Waals surface area contributed by atoms with Crippen LogP contribution in [0.15, 0.2) is 17.5 Å². The summed E-state index contributed by atoms with van der Waals surface area (Å²) in [5.74, 6) is 0. The van der Waals surface area contributed by atoms with Gasteiger partial charge in [0.2, 0.25) is 0 Å². The van der Waals surface area contributed by atoms with Gasteiger partial charge in [0.1, 0.15) is 11.6 Å². The molecule has 1 atom stereocenters. The lowest BCUT2D eigenvalue weighted by atomic mass is 9.99. The zero-order chi connectivity index (χ0) is 9.47. The summed E-state index contributed by atoms with van der Waals surface area (Å²) in [7, 11) is 0. The molecule has 1 amide bonds. The summed E-state index contributed by atoms with van der Waals surface area (Å²) < 4.78 is 5.14. The third kappa shape index (κ3) is 1.42. The van der Waals surface area contributed by atoms with Crippen molar-refractivity contribution in [1.29, 1.82) is 0 Å². The average molecular weight is 197 g/mol. The molecule has 1 aromatic heterocycles. The molecule has 4 heteroatoms. The second kappa shape index (κ2) is 2.73. The highest BCUT2D eigenvalue weighted by Gasteiger charge is 2.42. The first-order valence-corrected chi connectivity index (χ1v) is 5.00. The molecule has 3 nitrogen and oxygen atoms in total. The van der Waals surface area contributed by atoms with Crippen molar-refractivity contribution in [3.63, 3.8) is 0 Å². The van der Waals surface area contributed by atoms with Crippen LogP contribution in [0.25, 0.3) is 0 Å². The highest BCUT2D eigenvalue weighted by atomic mass is 32.1. The topological polar surface area (TPSA) is 38.3 Å². The minimum absolute atomic E-state index is 0.0139. The molecule has 1 saturated heterocycles. The molecule has 2 rings (SSSR count). The summed E-state index contributed by atoms with van der Waals surface area (Å²) in [6.07, 6.45) is -0.330. The third-order valence-electron chi connectivity index (χ3n) is 2.14. The smallest absolute Gasteiger partial charge is 0.408 e. The fourth-order valence-corrected chi connectivity index (χ4v) is 2.44. The molecular formula is C9H11NO2S. The quantitative estimate of drug-likeness (QED) is 0.750. The van der Waals surface area contributed by atoms with Gasteiger partial charge >= 0.3 is 6.09 Å². The summed E-state index contributed by atoms with van der Waals surface area (Å²) in [6, 6.07) is 3.96.